The number of piperidine rings is 1. The first-order valence-corrected chi connectivity index (χ1v) is 8.36. The Morgan fingerprint density at radius 3 is 2.67 bits per heavy atom. The zero-order chi connectivity index (χ0) is 15.6. The molecule has 1 heterocycles. The van der Waals surface area contributed by atoms with E-state index < -0.39 is 21.8 Å². The molecular weight excluding hydrogens is 310 g/mol. The van der Waals surface area contributed by atoms with Crippen molar-refractivity contribution in [2.24, 2.45) is 17.4 Å². The van der Waals surface area contributed by atoms with E-state index >= 15 is 0 Å². The van der Waals surface area contributed by atoms with Crippen molar-refractivity contribution in [2.45, 2.75) is 17.7 Å². The van der Waals surface area contributed by atoms with Crippen LogP contribution in [0.15, 0.2) is 29.2 Å². The van der Waals surface area contributed by atoms with Gasteiger partial charge in [-0.3, -0.25) is 4.79 Å². The largest absolute Gasteiger partial charge is 0.389 e. The highest BCUT2D eigenvalue weighted by Crippen LogP contribution is 2.24. The van der Waals surface area contributed by atoms with E-state index in [-0.39, 0.29) is 16.4 Å². The van der Waals surface area contributed by atoms with E-state index in [9.17, 15) is 13.2 Å². The standard InChI is InChI=1S/C13H17N3O3S2/c14-12(17)10-4-2-6-16(8-10)21(18,19)11-5-1-3-9(7-11)13(15)20/h1,3,5,7,10H,2,4,6,8H2,(H2,14,17)(H2,15,20). The summed E-state index contributed by atoms with van der Waals surface area (Å²) in [7, 11) is -3.67. The normalized spacial score (nSPS) is 20.1. The molecule has 1 unspecified atom stereocenters. The van der Waals surface area contributed by atoms with Gasteiger partial charge in [-0.05, 0) is 25.0 Å². The Morgan fingerprint density at radius 2 is 2.05 bits per heavy atom. The lowest BCUT2D eigenvalue weighted by Gasteiger charge is -2.30. The third-order valence-electron chi connectivity index (χ3n) is 3.54. The van der Waals surface area contributed by atoms with Crippen LogP contribution in [-0.2, 0) is 14.8 Å². The highest BCUT2D eigenvalue weighted by molar-refractivity contribution is 7.89. The van der Waals surface area contributed by atoms with E-state index in [2.05, 4.69) is 0 Å². The number of sulfonamides is 1. The van der Waals surface area contributed by atoms with Gasteiger partial charge in [-0.2, -0.15) is 4.31 Å². The Bertz CT molecular complexity index is 673. The monoisotopic (exact) mass is 327 g/mol. The lowest BCUT2D eigenvalue weighted by molar-refractivity contribution is -0.122. The zero-order valence-corrected chi connectivity index (χ0v) is 13.0. The number of nitrogens with zero attached hydrogens (tertiary/aromatic N) is 1. The second-order valence-electron chi connectivity index (χ2n) is 5.00. The van der Waals surface area contributed by atoms with Gasteiger partial charge in [0.05, 0.1) is 10.8 Å². The highest BCUT2D eigenvalue weighted by Gasteiger charge is 2.32. The van der Waals surface area contributed by atoms with E-state index in [1.165, 1.54) is 16.4 Å². The van der Waals surface area contributed by atoms with Crippen LogP contribution in [0.3, 0.4) is 0 Å². The van der Waals surface area contributed by atoms with Crippen molar-refractivity contribution < 1.29 is 13.2 Å². The molecule has 1 atom stereocenters. The summed E-state index contributed by atoms with van der Waals surface area (Å²) in [6.45, 7) is 0.498. The maximum Gasteiger partial charge on any atom is 0.243 e. The molecule has 0 aromatic heterocycles. The number of nitrogens with two attached hydrogens (primary N) is 2. The number of carbonyl (C=O) groups excluding carboxylic acids is 1. The maximum absolute atomic E-state index is 12.6. The summed E-state index contributed by atoms with van der Waals surface area (Å²) in [5.74, 6) is -0.904. The molecule has 1 fully saturated rings. The molecule has 1 aromatic carbocycles. The second kappa shape index (κ2) is 6.08. The van der Waals surface area contributed by atoms with Crippen LogP contribution in [-0.4, -0.2) is 36.7 Å². The molecule has 0 saturated carbocycles. The molecule has 0 spiro atoms. The van der Waals surface area contributed by atoms with Crippen LogP contribution in [0.4, 0.5) is 0 Å². The number of benzene rings is 1. The number of rotatable bonds is 4. The second-order valence-corrected chi connectivity index (χ2v) is 7.37. The summed E-state index contributed by atoms with van der Waals surface area (Å²) in [6, 6.07) is 6.19. The van der Waals surface area contributed by atoms with Crippen LogP contribution in [0.5, 0.6) is 0 Å². The Morgan fingerprint density at radius 1 is 1.33 bits per heavy atom. The predicted molar refractivity (Wildman–Crippen MR) is 83.0 cm³/mol. The molecule has 4 N–H and O–H groups in total. The molecule has 1 aliphatic heterocycles. The van der Waals surface area contributed by atoms with E-state index in [1.807, 2.05) is 0 Å². The highest BCUT2D eigenvalue weighted by atomic mass is 32.2. The van der Waals surface area contributed by atoms with Crippen molar-refractivity contribution in [3.8, 4) is 0 Å². The van der Waals surface area contributed by atoms with Crippen LogP contribution in [0, 0.1) is 5.92 Å². The van der Waals surface area contributed by atoms with Crippen LogP contribution in [0.1, 0.15) is 18.4 Å². The van der Waals surface area contributed by atoms with Crippen LogP contribution in [0.25, 0.3) is 0 Å². The molecule has 1 aliphatic rings. The Kier molecular flexibility index (Phi) is 4.60. The summed E-state index contributed by atoms with van der Waals surface area (Å²) >= 11 is 4.86. The fourth-order valence-corrected chi connectivity index (χ4v) is 4.05. The van der Waals surface area contributed by atoms with Gasteiger partial charge in [0.25, 0.3) is 0 Å². The van der Waals surface area contributed by atoms with Crippen molar-refractivity contribution in [1.29, 1.82) is 0 Å². The van der Waals surface area contributed by atoms with Gasteiger partial charge in [0, 0.05) is 18.7 Å². The SMILES string of the molecule is NC(=O)C1CCCN(S(=O)(=O)c2cccc(C(N)=S)c2)C1. The molecule has 1 aromatic rings. The molecule has 0 radical (unpaired) electrons. The average Bonchev–Trinajstić information content (AvgIpc) is 2.47. The van der Waals surface area contributed by atoms with Crippen LogP contribution >= 0.6 is 12.2 Å². The molecule has 0 bridgehead atoms. The lowest BCUT2D eigenvalue weighted by Crippen LogP contribution is -2.44. The zero-order valence-electron chi connectivity index (χ0n) is 11.4. The minimum Gasteiger partial charge on any atom is -0.389 e. The fraction of sp³-hybridized carbons (Fsp3) is 0.385. The van der Waals surface area contributed by atoms with E-state index in [4.69, 9.17) is 23.7 Å². The molecule has 1 saturated heterocycles. The van der Waals surface area contributed by atoms with Gasteiger partial charge in [-0.15, -0.1) is 0 Å². The summed E-state index contributed by atoms with van der Waals surface area (Å²) in [4.78, 5) is 11.5. The van der Waals surface area contributed by atoms with Crippen molar-refractivity contribution in [2.75, 3.05) is 13.1 Å². The Hall–Kier alpha value is -1.51. The van der Waals surface area contributed by atoms with Crippen molar-refractivity contribution in [3.63, 3.8) is 0 Å². The van der Waals surface area contributed by atoms with Gasteiger partial charge >= 0.3 is 0 Å². The maximum atomic E-state index is 12.6. The first-order valence-electron chi connectivity index (χ1n) is 6.51. The van der Waals surface area contributed by atoms with Gasteiger partial charge in [0.15, 0.2) is 0 Å². The summed E-state index contributed by atoms with van der Waals surface area (Å²) < 4.78 is 26.5. The minimum absolute atomic E-state index is 0.120. The number of hydrogen-bond donors (Lipinski definition) is 2. The molecule has 8 heteroatoms. The molecule has 6 nitrogen and oxygen atoms in total. The molecule has 2 rings (SSSR count). The third kappa shape index (κ3) is 3.39. The first kappa shape index (κ1) is 15.9. The average molecular weight is 327 g/mol. The lowest BCUT2D eigenvalue weighted by atomic mass is 9.99. The Labute approximate surface area is 129 Å². The third-order valence-corrected chi connectivity index (χ3v) is 5.64. The van der Waals surface area contributed by atoms with Crippen LogP contribution < -0.4 is 11.5 Å². The predicted octanol–water partition coefficient (Wildman–Crippen LogP) is 0.207. The number of amides is 1. The number of thiocarbonyl (C=S) groups is 1. The summed E-state index contributed by atoms with van der Waals surface area (Å²) in [6.07, 6.45) is 1.23. The van der Waals surface area contributed by atoms with E-state index in [0.717, 1.165) is 0 Å². The summed E-state index contributed by atoms with van der Waals surface area (Å²) in [5, 5.41) is 0. The first-order chi connectivity index (χ1) is 9.82. The molecule has 114 valence electrons. The van der Waals surface area contributed by atoms with Gasteiger partial charge in [0.1, 0.15) is 4.99 Å². The van der Waals surface area contributed by atoms with Crippen molar-refractivity contribution in [3.05, 3.63) is 29.8 Å². The molecule has 0 aliphatic carbocycles. The number of carbonyl (C=O) groups is 1. The number of primary amides is 1. The van der Waals surface area contributed by atoms with Crippen molar-refractivity contribution >= 4 is 33.1 Å². The van der Waals surface area contributed by atoms with Crippen molar-refractivity contribution in [1.82, 2.24) is 4.31 Å². The summed E-state index contributed by atoms with van der Waals surface area (Å²) in [5.41, 5.74) is 11.3. The minimum atomic E-state index is -3.67. The molecule has 21 heavy (non-hydrogen) atoms. The quantitative estimate of drug-likeness (QED) is 0.769. The smallest absolute Gasteiger partial charge is 0.243 e. The van der Waals surface area contributed by atoms with Gasteiger partial charge in [-0.1, -0.05) is 24.4 Å². The van der Waals surface area contributed by atoms with E-state index in [1.54, 1.807) is 12.1 Å². The molecule has 1 amide bonds. The topological polar surface area (TPSA) is 106 Å². The van der Waals surface area contributed by atoms with Gasteiger partial charge in [0.2, 0.25) is 15.9 Å². The van der Waals surface area contributed by atoms with E-state index in [0.29, 0.717) is 24.9 Å². The van der Waals surface area contributed by atoms with Crippen LogP contribution in [0.2, 0.25) is 0 Å². The molecular formula is C13H17N3O3S2. The van der Waals surface area contributed by atoms with Gasteiger partial charge in [-0.25, -0.2) is 8.42 Å². The Balaban J connectivity index is 2.31. The van der Waals surface area contributed by atoms with Gasteiger partial charge < -0.3 is 11.5 Å². The fourth-order valence-electron chi connectivity index (χ4n) is 2.35. The number of hydrogen-bond acceptors (Lipinski definition) is 4.